The van der Waals surface area contributed by atoms with Crippen LogP contribution in [0.4, 0.5) is 0 Å². The molecule has 6 heteroatoms. The van der Waals surface area contributed by atoms with E-state index in [0.29, 0.717) is 35.8 Å². The molecule has 0 aliphatic carbocycles. The van der Waals surface area contributed by atoms with E-state index in [9.17, 15) is 4.79 Å². The highest BCUT2D eigenvalue weighted by Gasteiger charge is 2.22. The van der Waals surface area contributed by atoms with Crippen LogP contribution in [0.3, 0.4) is 0 Å². The molecule has 0 radical (unpaired) electrons. The minimum atomic E-state index is -0.298. The smallest absolute Gasteiger partial charge is 0.334 e. The van der Waals surface area contributed by atoms with Crippen LogP contribution >= 0.6 is 0 Å². The highest BCUT2D eigenvalue weighted by atomic mass is 16.5. The number of nitrogens with zero attached hydrogens (tertiary/aromatic N) is 1. The van der Waals surface area contributed by atoms with E-state index in [-0.39, 0.29) is 5.97 Å². The summed E-state index contributed by atoms with van der Waals surface area (Å²) in [6.45, 7) is 6.00. The molecule has 2 aromatic rings. The van der Waals surface area contributed by atoms with Crippen LogP contribution in [0, 0.1) is 13.8 Å². The molecule has 0 atom stereocenters. The van der Waals surface area contributed by atoms with Gasteiger partial charge in [0.25, 0.3) is 0 Å². The van der Waals surface area contributed by atoms with Gasteiger partial charge in [0, 0.05) is 34.7 Å². The molecule has 0 unspecified atom stereocenters. The zero-order chi connectivity index (χ0) is 23.5. The van der Waals surface area contributed by atoms with Gasteiger partial charge in [0.2, 0.25) is 0 Å². The van der Waals surface area contributed by atoms with Crippen LogP contribution in [0.1, 0.15) is 54.9 Å². The molecule has 32 heavy (non-hydrogen) atoms. The van der Waals surface area contributed by atoms with E-state index in [1.807, 2.05) is 39.1 Å². The summed E-state index contributed by atoms with van der Waals surface area (Å²) in [4.78, 5) is 16.9. The SMILES string of the molecule is CCOC(=O)/C(=C/c1c(C)c(OC)c(OC)c(C)c1OC)CCCCCc1cccnc1. The van der Waals surface area contributed by atoms with E-state index >= 15 is 0 Å². The van der Waals surface area contributed by atoms with Crippen molar-refractivity contribution in [2.75, 3.05) is 27.9 Å². The van der Waals surface area contributed by atoms with E-state index in [0.717, 1.165) is 42.4 Å². The number of benzene rings is 1. The lowest BCUT2D eigenvalue weighted by atomic mass is 9.96. The van der Waals surface area contributed by atoms with Crippen molar-refractivity contribution >= 4 is 12.0 Å². The average Bonchev–Trinajstić information content (AvgIpc) is 2.80. The van der Waals surface area contributed by atoms with Crippen LogP contribution in [-0.2, 0) is 16.0 Å². The van der Waals surface area contributed by atoms with Crippen molar-refractivity contribution in [2.45, 2.75) is 52.9 Å². The fraction of sp³-hybridized carbons (Fsp3) is 0.462. The van der Waals surface area contributed by atoms with Crippen molar-refractivity contribution in [3.05, 3.63) is 52.4 Å². The van der Waals surface area contributed by atoms with E-state index in [2.05, 4.69) is 11.1 Å². The Labute approximate surface area is 191 Å². The van der Waals surface area contributed by atoms with Gasteiger partial charge in [-0.05, 0) is 64.2 Å². The number of pyridine rings is 1. The van der Waals surface area contributed by atoms with Crippen LogP contribution in [0.15, 0.2) is 30.1 Å². The van der Waals surface area contributed by atoms with Crippen molar-refractivity contribution in [1.82, 2.24) is 4.98 Å². The number of carbonyl (C=O) groups is 1. The third kappa shape index (κ3) is 6.25. The Balaban J connectivity index is 2.27. The van der Waals surface area contributed by atoms with Crippen LogP contribution < -0.4 is 14.2 Å². The third-order valence-corrected chi connectivity index (χ3v) is 5.48. The second-order valence-corrected chi connectivity index (χ2v) is 7.58. The van der Waals surface area contributed by atoms with Gasteiger partial charge in [-0.3, -0.25) is 4.98 Å². The first kappa shape index (κ1) is 25.2. The summed E-state index contributed by atoms with van der Waals surface area (Å²) >= 11 is 0. The second-order valence-electron chi connectivity index (χ2n) is 7.58. The number of rotatable bonds is 12. The number of methoxy groups -OCH3 is 3. The normalized spacial score (nSPS) is 11.2. The number of unbranched alkanes of at least 4 members (excludes halogenated alkanes) is 2. The number of carbonyl (C=O) groups excluding carboxylic acids is 1. The lowest BCUT2D eigenvalue weighted by Gasteiger charge is -2.20. The lowest BCUT2D eigenvalue weighted by Crippen LogP contribution is -2.09. The Morgan fingerprint density at radius 2 is 1.66 bits per heavy atom. The first-order valence-corrected chi connectivity index (χ1v) is 11.0. The Morgan fingerprint density at radius 1 is 0.969 bits per heavy atom. The zero-order valence-corrected chi connectivity index (χ0v) is 20.1. The van der Waals surface area contributed by atoms with E-state index < -0.39 is 0 Å². The van der Waals surface area contributed by atoms with E-state index in [1.165, 1.54) is 5.56 Å². The van der Waals surface area contributed by atoms with Gasteiger partial charge >= 0.3 is 5.97 Å². The molecule has 2 rings (SSSR count). The molecule has 174 valence electrons. The van der Waals surface area contributed by atoms with Gasteiger partial charge in [-0.2, -0.15) is 0 Å². The molecule has 6 nitrogen and oxygen atoms in total. The summed E-state index contributed by atoms with van der Waals surface area (Å²) < 4.78 is 22.2. The molecular weight excluding hydrogens is 406 g/mol. The fourth-order valence-corrected chi connectivity index (χ4v) is 3.87. The van der Waals surface area contributed by atoms with Crippen molar-refractivity contribution < 1.29 is 23.7 Å². The zero-order valence-electron chi connectivity index (χ0n) is 20.1. The highest BCUT2D eigenvalue weighted by molar-refractivity contribution is 5.95. The maximum atomic E-state index is 12.7. The quantitative estimate of drug-likeness (QED) is 0.247. The van der Waals surface area contributed by atoms with Crippen LogP contribution in [0.5, 0.6) is 17.2 Å². The summed E-state index contributed by atoms with van der Waals surface area (Å²) in [5, 5.41) is 0. The summed E-state index contributed by atoms with van der Waals surface area (Å²) in [6.07, 6.45) is 10.1. The maximum Gasteiger partial charge on any atom is 0.334 e. The van der Waals surface area contributed by atoms with Gasteiger partial charge in [0.15, 0.2) is 11.5 Å². The van der Waals surface area contributed by atoms with Crippen molar-refractivity contribution in [3.8, 4) is 17.2 Å². The van der Waals surface area contributed by atoms with Gasteiger partial charge in [-0.1, -0.05) is 12.5 Å². The second kappa shape index (κ2) is 12.7. The minimum Gasteiger partial charge on any atom is -0.496 e. The lowest BCUT2D eigenvalue weighted by molar-refractivity contribution is -0.138. The van der Waals surface area contributed by atoms with Gasteiger partial charge in [-0.15, -0.1) is 0 Å². The topological polar surface area (TPSA) is 66.9 Å². The molecule has 0 bridgehead atoms. The monoisotopic (exact) mass is 441 g/mol. The molecule has 0 N–H and O–H groups in total. The number of aromatic nitrogens is 1. The number of esters is 1. The molecule has 0 aliphatic heterocycles. The van der Waals surface area contributed by atoms with E-state index in [1.54, 1.807) is 27.5 Å². The summed E-state index contributed by atoms with van der Waals surface area (Å²) in [6, 6.07) is 4.04. The molecule has 0 saturated heterocycles. The predicted molar refractivity (Wildman–Crippen MR) is 127 cm³/mol. The molecule has 0 fully saturated rings. The molecule has 0 aliphatic rings. The van der Waals surface area contributed by atoms with Gasteiger partial charge in [0.05, 0.1) is 27.9 Å². The first-order valence-electron chi connectivity index (χ1n) is 11.0. The van der Waals surface area contributed by atoms with Gasteiger partial charge < -0.3 is 18.9 Å². The van der Waals surface area contributed by atoms with E-state index in [4.69, 9.17) is 18.9 Å². The van der Waals surface area contributed by atoms with Gasteiger partial charge in [-0.25, -0.2) is 4.79 Å². The average molecular weight is 442 g/mol. The Bertz CT molecular complexity index is 922. The van der Waals surface area contributed by atoms with Crippen LogP contribution in [0.2, 0.25) is 0 Å². The summed E-state index contributed by atoms with van der Waals surface area (Å²) in [7, 11) is 4.83. The molecule has 1 aromatic carbocycles. The largest absolute Gasteiger partial charge is 0.496 e. The molecule has 1 heterocycles. The minimum absolute atomic E-state index is 0.298. The Morgan fingerprint density at radius 3 is 2.25 bits per heavy atom. The Hall–Kier alpha value is -3.02. The van der Waals surface area contributed by atoms with Crippen LogP contribution in [-0.4, -0.2) is 38.9 Å². The summed E-state index contributed by atoms with van der Waals surface area (Å²) in [5.41, 5.74) is 4.34. The van der Waals surface area contributed by atoms with Crippen LogP contribution in [0.25, 0.3) is 6.08 Å². The molecule has 1 aromatic heterocycles. The Kier molecular flexibility index (Phi) is 10.1. The van der Waals surface area contributed by atoms with Crippen molar-refractivity contribution in [1.29, 1.82) is 0 Å². The predicted octanol–water partition coefficient (Wildman–Crippen LogP) is 5.47. The van der Waals surface area contributed by atoms with Gasteiger partial charge in [0.1, 0.15) is 5.75 Å². The number of hydrogen-bond donors (Lipinski definition) is 0. The standard InChI is InChI=1S/C26H35NO5/c1-7-32-26(28)21(14-10-8-9-12-20-13-11-15-27-17-20)16-22-18(2)24(30-5)25(31-6)19(3)23(22)29-4/h11,13,15-17H,7-10,12,14H2,1-6H3/b21-16+. The van der Waals surface area contributed by atoms with Crippen molar-refractivity contribution in [2.24, 2.45) is 0 Å². The summed E-state index contributed by atoms with van der Waals surface area (Å²) in [5.74, 6) is 1.64. The molecular formula is C26H35NO5. The molecule has 0 saturated carbocycles. The van der Waals surface area contributed by atoms with Crippen molar-refractivity contribution in [3.63, 3.8) is 0 Å². The maximum absolute atomic E-state index is 12.7. The number of hydrogen-bond acceptors (Lipinski definition) is 6. The highest BCUT2D eigenvalue weighted by Crippen LogP contribution is 2.44. The third-order valence-electron chi connectivity index (χ3n) is 5.48. The first-order chi connectivity index (χ1) is 15.5. The molecule has 0 amide bonds. The molecule has 0 spiro atoms. The number of ether oxygens (including phenoxy) is 4. The fourth-order valence-electron chi connectivity index (χ4n) is 3.87. The number of aryl methyl sites for hydroxylation is 1.